The van der Waals surface area contributed by atoms with Crippen molar-refractivity contribution in [2.45, 2.75) is 144 Å². The number of halogens is 1. The zero-order chi connectivity index (χ0) is 30.5. The highest BCUT2D eigenvalue weighted by Crippen LogP contribution is 2.67. The number of nitrogens with one attached hydrogen (secondary N) is 1. The standard InChI is InChI=1S/C39H62N2O2.ClH/c1-29(2)14-13-15-30(3)34-18-19-35-33-17-16-31-28-32(20-22-38(31,4)36(33)21-23-39(34,35)5)43-37(42)40-24-9-6-7-10-25-41-26-11-8-12-27-41;/h8,11-12,16,26-27,29-30,32-36H,6-7,9-10,13-15,17-25,28H2,1-5H3;1H/t30-,32+,33+,34-,35+,36+,38+,39-;/m1./s1. The molecule has 1 amide bonds. The van der Waals surface area contributed by atoms with E-state index in [4.69, 9.17) is 4.74 Å². The number of rotatable bonds is 13. The predicted molar refractivity (Wildman–Crippen MR) is 176 cm³/mol. The van der Waals surface area contributed by atoms with Crippen LogP contribution < -0.4 is 22.3 Å². The van der Waals surface area contributed by atoms with Gasteiger partial charge in [-0.3, -0.25) is 0 Å². The van der Waals surface area contributed by atoms with Crippen molar-refractivity contribution in [3.63, 3.8) is 0 Å². The molecule has 0 aliphatic heterocycles. The third-order valence-corrected chi connectivity index (χ3v) is 12.9. The number of alkyl carbamates (subject to hydrolysis) is 1. The smallest absolute Gasteiger partial charge is 0.407 e. The molecular weight excluding hydrogens is 564 g/mol. The maximum absolute atomic E-state index is 12.6. The third-order valence-electron chi connectivity index (χ3n) is 12.9. The van der Waals surface area contributed by atoms with Crippen molar-refractivity contribution < 1.29 is 26.5 Å². The Morgan fingerprint density at radius 1 is 0.932 bits per heavy atom. The monoisotopic (exact) mass is 626 g/mol. The van der Waals surface area contributed by atoms with Gasteiger partial charge in [-0.15, -0.1) is 0 Å². The van der Waals surface area contributed by atoms with Gasteiger partial charge in [0.2, 0.25) is 0 Å². The van der Waals surface area contributed by atoms with E-state index >= 15 is 0 Å². The summed E-state index contributed by atoms with van der Waals surface area (Å²) in [6.45, 7) is 14.4. The second-order valence-electron chi connectivity index (χ2n) is 16.0. The fraction of sp³-hybridized carbons (Fsp3) is 0.795. The molecule has 1 N–H and O–H groups in total. The fourth-order valence-electron chi connectivity index (χ4n) is 10.5. The molecule has 1 heterocycles. The molecule has 4 nitrogen and oxygen atoms in total. The van der Waals surface area contributed by atoms with Crippen LogP contribution in [0.4, 0.5) is 4.79 Å². The molecule has 44 heavy (non-hydrogen) atoms. The van der Waals surface area contributed by atoms with Crippen molar-refractivity contribution in [3.8, 4) is 0 Å². The Morgan fingerprint density at radius 3 is 2.48 bits per heavy atom. The van der Waals surface area contributed by atoms with Crippen molar-refractivity contribution in [3.05, 3.63) is 42.2 Å². The number of allylic oxidation sites excluding steroid dienone is 1. The summed E-state index contributed by atoms with van der Waals surface area (Å²) >= 11 is 0. The quantitative estimate of drug-likeness (QED) is 0.151. The number of ether oxygens (including phenoxy) is 1. The Kier molecular flexibility index (Phi) is 12.7. The topological polar surface area (TPSA) is 42.2 Å². The predicted octanol–water partition coefficient (Wildman–Crippen LogP) is 6.67. The maximum Gasteiger partial charge on any atom is 0.407 e. The van der Waals surface area contributed by atoms with E-state index in [1.54, 1.807) is 5.57 Å². The second-order valence-corrected chi connectivity index (χ2v) is 16.0. The van der Waals surface area contributed by atoms with Crippen LogP contribution in [0.3, 0.4) is 0 Å². The lowest BCUT2D eigenvalue weighted by atomic mass is 9.47. The molecule has 3 fully saturated rings. The Labute approximate surface area is 276 Å². The van der Waals surface area contributed by atoms with Gasteiger partial charge < -0.3 is 22.5 Å². The molecule has 0 unspecified atom stereocenters. The summed E-state index contributed by atoms with van der Waals surface area (Å²) in [6.07, 6.45) is 25.5. The molecule has 0 radical (unpaired) electrons. The van der Waals surface area contributed by atoms with Crippen LogP contribution in [-0.2, 0) is 11.3 Å². The van der Waals surface area contributed by atoms with Crippen LogP contribution in [0.5, 0.6) is 0 Å². The Balaban J connectivity index is 0.00000442. The van der Waals surface area contributed by atoms with Gasteiger partial charge in [-0.1, -0.05) is 78.0 Å². The minimum Gasteiger partial charge on any atom is -1.00 e. The first-order valence-corrected chi connectivity index (χ1v) is 18.3. The van der Waals surface area contributed by atoms with Crippen molar-refractivity contribution >= 4 is 6.09 Å². The number of hydrogen-bond acceptors (Lipinski definition) is 2. The third kappa shape index (κ3) is 8.05. The summed E-state index contributed by atoms with van der Waals surface area (Å²) in [5.41, 5.74) is 2.45. The molecule has 1 aromatic heterocycles. The normalized spacial score (nSPS) is 33.3. The largest absolute Gasteiger partial charge is 1.00 e. The average Bonchev–Trinajstić information content (AvgIpc) is 3.34. The molecule has 8 atom stereocenters. The van der Waals surface area contributed by atoms with E-state index in [-0.39, 0.29) is 24.6 Å². The highest BCUT2D eigenvalue weighted by atomic mass is 35.5. The number of carbonyl (C=O) groups excluding carboxylic acids is 1. The van der Waals surface area contributed by atoms with Gasteiger partial charge in [-0.05, 0) is 104 Å². The minimum atomic E-state index is -0.212. The van der Waals surface area contributed by atoms with E-state index in [1.165, 1.54) is 70.6 Å². The molecule has 5 rings (SSSR count). The van der Waals surface area contributed by atoms with Gasteiger partial charge in [-0.2, -0.15) is 0 Å². The molecule has 248 valence electrons. The van der Waals surface area contributed by atoms with Crippen molar-refractivity contribution in [1.82, 2.24) is 5.32 Å². The van der Waals surface area contributed by atoms with Crippen LogP contribution in [0.1, 0.15) is 131 Å². The molecule has 4 aliphatic rings. The van der Waals surface area contributed by atoms with Crippen molar-refractivity contribution in [2.75, 3.05) is 6.54 Å². The maximum atomic E-state index is 12.6. The summed E-state index contributed by atoms with van der Waals surface area (Å²) in [7, 11) is 0. The van der Waals surface area contributed by atoms with Crippen molar-refractivity contribution in [2.24, 2.45) is 46.3 Å². The first-order valence-electron chi connectivity index (χ1n) is 18.3. The van der Waals surface area contributed by atoms with Gasteiger partial charge in [0.15, 0.2) is 12.4 Å². The summed E-state index contributed by atoms with van der Waals surface area (Å²) < 4.78 is 8.22. The van der Waals surface area contributed by atoms with Gasteiger partial charge >= 0.3 is 6.09 Å². The summed E-state index contributed by atoms with van der Waals surface area (Å²) in [5.74, 6) is 5.18. The first-order chi connectivity index (χ1) is 20.7. The van der Waals surface area contributed by atoms with Crippen LogP contribution in [-0.4, -0.2) is 18.7 Å². The number of nitrogens with zero attached hydrogens (tertiary/aromatic N) is 1. The summed E-state index contributed by atoms with van der Waals surface area (Å²) in [6, 6.07) is 6.21. The van der Waals surface area contributed by atoms with Gasteiger partial charge in [0, 0.05) is 31.5 Å². The Bertz CT molecular complexity index is 1080. The number of hydrogen-bond donors (Lipinski definition) is 1. The van der Waals surface area contributed by atoms with E-state index < -0.39 is 0 Å². The number of unbranched alkanes of at least 4 members (excludes halogenated alkanes) is 3. The minimum absolute atomic E-state index is 0. The highest BCUT2D eigenvalue weighted by molar-refractivity contribution is 5.67. The van der Waals surface area contributed by atoms with Crippen LogP contribution in [0, 0.1) is 46.3 Å². The van der Waals surface area contributed by atoms with E-state index in [9.17, 15) is 4.79 Å². The summed E-state index contributed by atoms with van der Waals surface area (Å²) in [4.78, 5) is 12.6. The molecule has 0 saturated heterocycles. The molecule has 0 spiro atoms. The van der Waals surface area contributed by atoms with Gasteiger partial charge in [0.05, 0.1) is 0 Å². The van der Waals surface area contributed by atoms with Gasteiger partial charge in [0.25, 0.3) is 0 Å². The van der Waals surface area contributed by atoms with Crippen LogP contribution in [0.15, 0.2) is 42.2 Å². The number of aromatic nitrogens is 1. The first kappa shape index (κ1) is 35.3. The Hall–Kier alpha value is -1.55. The van der Waals surface area contributed by atoms with Crippen molar-refractivity contribution in [1.29, 1.82) is 0 Å². The number of amides is 1. The lowest BCUT2D eigenvalue weighted by molar-refractivity contribution is -0.697. The van der Waals surface area contributed by atoms with E-state index in [2.05, 4.69) is 81.2 Å². The second kappa shape index (κ2) is 15.8. The zero-order valence-electron chi connectivity index (χ0n) is 28.7. The number of fused-ring (bicyclic) bond motifs is 5. The number of pyridine rings is 1. The van der Waals surface area contributed by atoms with Crippen LogP contribution in [0.2, 0.25) is 0 Å². The summed E-state index contributed by atoms with van der Waals surface area (Å²) in [5, 5.41) is 3.04. The molecule has 1 aromatic rings. The fourth-order valence-corrected chi connectivity index (χ4v) is 10.5. The van der Waals surface area contributed by atoms with Gasteiger partial charge in [0.1, 0.15) is 12.6 Å². The Morgan fingerprint density at radius 2 is 1.70 bits per heavy atom. The molecule has 4 aliphatic carbocycles. The zero-order valence-corrected chi connectivity index (χ0v) is 29.4. The number of aryl methyl sites for hydroxylation is 1. The van der Waals surface area contributed by atoms with Gasteiger partial charge in [-0.25, -0.2) is 9.36 Å². The molecular formula is C39H63ClN2O2. The van der Waals surface area contributed by atoms with Crippen LogP contribution in [0.25, 0.3) is 0 Å². The SMILES string of the molecule is CC(C)CCC[C@@H](C)[C@H]1CC[C@H]2[C@@H]3CC=C4C[C@@H](OC(=O)NCCCCCC[n+]5ccccc5)CC[C@]4(C)[C@H]3CC[C@]12C.[Cl-]. The molecule has 0 bridgehead atoms. The lowest BCUT2D eigenvalue weighted by Crippen LogP contribution is -3.00. The highest BCUT2D eigenvalue weighted by Gasteiger charge is 2.59. The van der Waals surface area contributed by atoms with E-state index in [0.717, 1.165) is 67.7 Å². The van der Waals surface area contributed by atoms with E-state index in [1.807, 2.05) is 0 Å². The van der Waals surface area contributed by atoms with Crippen LogP contribution >= 0.6 is 0 Å². The lowest BCUT2D eigenvalue weighted by Gasteiger charge is -2.58. The molecule has 0 aromatic carbocycles. The molecule has 3 saturated carbocycles. The van der Waals surface area contributed by atoms with E-state index in [0.29, 0.717) is 17.4 Å². The molecule has 5 heteroatoms. The number of carbonyl (C=O) groups is 1. The average molecular weight is 627 g/mol.